The Balaban J connectivity index is 1.61. The van der Waals surface area contributed by atoms with Gasteiger partial charge in [0.2, 0.25) is 0 Å². The number of hydrogen-bond acceptors (Lipinski definition) is 3. The third kappa shape index (κ3) is 5.21. The summed E-state index contributed by atoms with van der Waals surface area (Å²) in [6, 6.07) is 9.83. The van der Waals surface area contributed by atoms with Gasteiger partial charge in [-0.15, -0.1) is 0 Å². The summed E-state index contributed by atoms with van der Waals surface area (Å²) < 4.78 is 5.61. The van der Waals surface area contributed by atoms with Gasteiger partial charge in [-0.25, -0.2) is 0 Å². The molecule has 1 aromatic rings. The zero-order chi connectivity index (χ0) is 13.4. The minimum atomic E-state index is -0.497. The minimum absolute atomic E-state index is 0.497. The molecule has 1 saturated carbocycles. The van der Waals surface area contributed by atoms with Gasteiger partial charge in [0.15, 0.2) is 0 Å². The Morgan fingerprint density at radius 3 is 2.42 bits per heavy atom. The molecule has 1 aliphatic rings. The van der Waals surface area contributed by atoms with Gasteiger partial charge in [-0.2, -0.15) is 0 Å². The minimum Gasteiger partial charge on any atom is -0.492 e. The number of rotatable bonds is 6. The lowest BCUT2D eigenvalue weighted by Crippen LogP contribution is -2.41. The number of para-hydroxylation sites is 1. The van der Waals surface area contributed by atoms with Crippen molar-refractivity contribution in [2.45, 2.75) is 44.1 Å². The average molecular weight is 263 g/mol. The third-order valence-electron chi connectivity index (χ3n) is 3.78. The van der Waals surface area contributed by atoms with Crippen LogP contribution < -0.4 is 10.1 Å². The molecule has 0 saturated heterocycles. The van der Waals surface area contributed by atoms with Crippen LogP contribution in [0.5, 0.6) is 5.75 Å². The summed E-state index contributed by atoms with van der Waals surface area (Å²) in [5.74, 6) is 0.900. The van der Waals surface area contributed by atoms with Crippen molar-refractivity contribution >= 4 is 0 Å². The van der Waals surface area contributed by atoms with E-state index in [2.05, 4.69) is 5.32 Å². The van der Waals surface area contributed by atoms with Crippen LogP contribution in [0.2, 0.25) is 0 Å². The smallest absolute Gasteiger partial charge is 0.119 e. The summed E-state index contributed by atoms with van der Waals surface area (Å²) in [4.78, 5) is 0. The van der Waals surface area contributed by atoms with Gasteiger partial charge >= 0.3 is 0 Å². The zero-order valence-electron chi connectivity index (χ0n) is 11.6. The van der Waals surface area contributed by atoms with Crippen molar-refractivity contribution in [1.82, 2.24) is 5.32 Å². The number of aliphatic hydroxyl groups is 1. The van der Waals surface area contributed by atoms with Crippen LogP contribution in [-0.4, -0.2) is 30.4 Å². The summed E-state index contributed by atoms with van der Waals surface area (Å²) in [7, 11) is 0. The van der Waals surface area contributed by atoms with Crippen molar-refractivity contribution in [2.75, 3.05) is 19.7 Å². The van der Waals surface area contributed by atoms with E-state index >= 15 is 0 Å². The van der Waals surface area contributed by atoms with Crippen LogP contribution in [0.25, 0.3) is 0 Å². The van der Waals surface area contributed by atoms with Crippen LogP contribution in [0.15, 0.2) is 30.3 Å². The monoisotopic (exact) mass is 263 g/mol. The topological polar surface area (TPSA) is 41.5 Å². The molecule has 0 heterocycles. The summed E-state index contributed by atoms with van der Waals surface area (Å²) in [5, 5.41) is 13.8. The molecule has 19 heavy (non-hydrogen) atoms. The van der Waals surface area contributed by atoms with E-state index in [1.54, 1.807) is 0 Å². The molecule has 106 valence electrons. The van der Waals surface area contributed by atoms with E-state index in [0.29, 0.717) is 13.2 Å². The van der Waals surface area contributed by atoms with E-state index in [4.69, 9.17) is 4.74 Å². The Morgan fingerprint density at radius 2 is 1.74 bits per heavy atom. The highest BCUT2D eigenvalue weighted by Crippen LogP contribution is 2.26. The standard InChI is InChI=1S/C16H25NO2/c18-16(10-6-1-2-7-11-16)14-17-12-13-19-15-8-4-3-5-9-15/h3-5,8-9,17-18H,1-2,6-7,10-14H2. The van der Waals surface area contributed by atoms with E-state index in [1.807, 2.05) is 30.3 Å². The Morgan fingerprint density at radius 1 is 1.05 bits per heavy atom. The fraction of sp³-hybridized carbons (Fsp3) is 0.625. The average Bonchev–Trinajstić information content (AvgIpc) is 2.65. The first-order valence-corrected chi connectivity index (χ1v) is 7.39. The molecule has 0 radical (unpaired) electrons. The van der Waals surface area contributed by atoms with E-state index in [9.17, 15) is 5.11 Å². The van der Waals surface area contributed by atoms with Gasteiger partial charge < -0.3 is 15.2 Å². The van der Waals surface area contributed by atoms with Crippen LogP contribution in [0.3, 0.4) is 0 Å². The zero-order valence-corrected chi connectivity index (χ0v) is 11.6. The van der Waals surface area contributed by atoms with Crippen LogP contribution in [0, 0.1) is 0 Å². The van der Waals surface area contributed by atoms with Crippen molar-refractivity contribution in [1.29, 1.82) is 0 Å². The van der Waals surface area contributed by atoms with Gasteiger partial charge in [0, 0.05) is 13.1 Å². The molecule has 0 unspecified atom stereocenters. The van der Waals surface area contributed by atoms with E-state index in [-0.39, 0.29) is 0 Å². The summed E-state index contributed by atoms with van der Waals surface area (Å²) in [5.41, 5.74) is -0.497. The molecule has 0 aromatic heterocycles. The Bertz CT molecular complexity index is 345. The molecular weight excluding hydrogens is 238 g/mol. The predicted octanol–water partition coefficient (Wildman–Crippen LogP) is 2.74. The highest BCUT2D eigenvalue weighted by atomic mass is 16.5. The number of hydrogen-bond donors (Lipinski definition) is 2. The molecule has 0 atom stereocenters. The summed E-state index contributed by atoms with van der Waals surface area (Å²) in [6.45, 7) is 2.10. The molecule has 0 aliphatic heterocycles. The second-order valence-corrected chi connectivity index (χ2v) is 5.48. The van der Waals surface area contributed by atoms with Crippen molar-refractivity contribution in [2.24, 2.45) is 0 Å². The molecule has 2 N–H and O–H groups in total. The second-order valence-electron chi connectivity index (χ2n) is 5.48. The van der Waals surface area contributed by atoms with Gasteiger partial charge in [0.1, 0.15) is 12.4 Å². The molecule has 3 nitrogen and oxygen atoms in total. The van der Waals surface area contributed by atoms with E-state index in [0.717, 1.165) is 38.0 Å². The molecule has 3 heteroatoms. The first kappa shape index (κ1) is 14.4. The summed E-state index contributed by atoms with van der Waals surface area (Å²) in [6.07, 6.45) is 6.69. The first-order valence-electron chi connectivity index (χ1n) is 7.39. The largest absolute Gasteiger partial charge is 0.492 e. The first-order chi connectivity index (χ1) is 9.29. The summed E-state index contributed by atoms with van der Waals surface area (Å²) >= 11 is 0. The van der Waals surface area contributed by atoms with E-state index < -0.39 is 5.60 Å². The third-order valence-corrected chi connectivity index (χ3v) is 3.78. The molecule has 1 aromatic carbocycles. The predicted molar refractivity (Wildman–Crippen MR) is 77.5 cm³/mol. The number of ether oxygens (including phenoxy) is 1. The molecular formula is C16H25NO2. The van der Waals surface area contributed by atoms with Crippen LogP contribution in [0.4, 0.5) is 0 Å². The molecule has 1 aliphatic carbocycles. The van der Waals surface area contributed by atoms with Crippen molar-refractivity contribution in [3.8, 4) is 5.75 Å². The Kier molecular flexibility index (Phi) is 5.67. The fourth-order valence-electron chi connectivity index (χ4n) is 2.64. The van der Waals surface area contributed by atoms with Crippen molar-refractivity contribution < 1.29 is 9.84 Å². The Labute approximate surface area is 116 Å². The van der Waals surface area contributed by atoms with Crippen molar-refractivity contribution in [3.63, 3.8) is 0 Å². The fourth-order valence-corrected chi connectivity index (χ4v) is 2.64. The van der Waals surface area contributed by atoms with E-state index in [1.165, 1.54) is 12.8 Å². The van der Waals surface area contributed by atoms with Gasteiger partial charge in [-0.3, -0.25) is 0 Å². The number of nitrogens with one attached hydrogen (secondary N) is 1. The number of benzene rings is 1. The molecule has 0 amide bonds. The van der Waals surface area contributed by atoms with Crippen LogP contribution >= 0.6 is 0 Å². The quantitative estimate of drug-likeness (QED) is 0.612. The maximum Gasteiger partial charge on any atom is 0.119 e. The lowest BCUT2D eigenvalue weighted by atomic mass is 9.94. The lowest BCUT2D eigenvalue weighted by molar-refractivity contribution is 0.0248. The maximum atomic E-state index is 10.5. The van der Waals surface area contributed by atoms with Crippen molar-refractivity contribution in [3.05, 3.63) is 30.3 Å². The normalized spacial score (nSPS) is 18.8. The molecule has 0 spiro atoms. The van der Waals surface area contributed by atoms with Crippen LogP contribution in [-0.2, 0) is 0 Å². The second kappa shape index (κ2) is 7.51. The van der Waals surface area contributed by atoms with Gasteiger partial charge in [0.25, 0.3) is 0 Å². The lowest BCUT2D eigenvalue weighted by Gasteiger charge is -2.26. The SMILES string of the molecule is OC1(CNCCOc2ccccc2)CCCCCC1. The Hall–Kier alpha value is -1.06. The highest BCUT2D eigenvalue weighted by molar-refractivity contribution is 5.20. The van der Waals surface area contributed by atoms with Gasteiger partial charge in [-0.05, 0) is 25.0 Å². The maximum absolute atomic E-state index is 10.5. The highest BCUT2D eigenvalue weighted by Gasteiger charge is 2.27. The molecule has 1 fully saturated rings. The van der Waals surface area contributed by atoms with Crippen LogP contribution in [0.1, 0.15) is 38.5 Å². The molecule has 0 bridgehead atoms. The van der Waals surface area contributed by atoms with Gasteiger partial charge in [0.05, 0.1) is 5.60 Å². The molecule has 2 rings (SSSR count). The van der Waals surface area contributed by atoms with Gasteiger partial charge in [-0.1, -0.05) is 43.9 Å².